The van der Waals surface area contributed by atoms with Gasteiger partial charge in [-0.15, -0.1) is 0 Å². The Labute approximate surface area is 103 Å². The molecule has 0 spiro atoms. The van der Waals surface area contributed by atoms with Gasteiger partial charge in [0.2, 0.25) is 0 Å². The highest BCUT2D eigenvalue weighted by Gasteiger charge is 2.21. The first-order valence-corrected chi connectivity index (χ1v) is 6.79. The highest BCUT2D eigenvalue weighted by atomic mass is 16.5. The van der Waals surface area contributed by atoms with Crippen LogP contribution in [0.2, 0.25) is 0 Å². The molecular formula is C15H21NO. The van der Waals surface area contributed by atoms with E-state index in [9.17, 15) is 0 Å². The molecule has 1 aromatic carbocycles. The Morgan fingerprint density at radius 3 is 3.12 bits per heavy atom. The second-order valence-electron chi connectivity index (χ2n) is 5.53. The summed E-state index contributed by atoms with van der Waals surface area (Å²) in [4.78, 5) is 0. The summed E-state index contributed by atoms with van der Waals surface area (Å²) in [5.74, 6) is 1.81. The molecule has 2 aliphatic rings. The van der Waals surface area contributed by atoms with Crippen LogP contribution in [0.25, 0.3) is 0 Å². The number of ether oxygens (including phenoxy) is 1. The van der Waals surface area contributed by atoms with Gasteiger partial charge in [-0.1, -0.05) is 19.1 Å². The van der Waals surface area contributed by atoms with Gasteiger partial charge in [0, 0.05) is 12.5 Å². The van der Waals surface area contributed by atoms with Gasteiger partial charge in [0.25, 0.3) is 0 Å². The van der Waals surface area contributed by atoms with Crippen LogP contribution in [0.5, 0.6) is 5.75 Å². The Morgan fingerprint density at radius 2 is 2.29 bits per heavy atom. The molecule has 0 radical (unpaired) electrons. The maximum absolute atomic E-state index is 5.53. The van der Waals surface area contributed by atoms with Crippen LogP contribution in [0, 0.1) is 5.92 Å². The predicted molar refractivity (Wildman–Crippen MR) is 69.5 cm³/mol. The third-order valence-electron chi connectivity index (χ3n) is 3.67. The first kappa shape index (κ1) is 11.1. The van der Waals surface area contributed by atoms with Crippen LogP contribution in [0.15, 0.2) is 18.2 Å². The van der Waals surface area contributed by atoms with E-state index in [-0.39, 0.29) is 0 Å². The summed E-state index contributed by atoms with van der Waals surface area (Å²) >= 11 is 0. The lowest BCUT2D eigenvalue weighted by molar-refractivity contribution is 0.357. The topological polar surface area (TPSA) is 21.3 Å². The van der Waals surface area contributed by atoms with Crippen LogP contribution in [-0.2, 0) is 12.8 Å². The highest BCUT2D eigenvalue weighted by Crippen LogP contribution is 2.27. The van der Waals surface area contributed by atoms with Crippen LogP contribution in [0.3, 0.4) is 0 Å². The molecule has 3 rings (SSSR count). The van der Waals surface area contributed by atoms with E-state index in [1.54, 1.807) is 0 Å². The Balaban J connectivity index is 1.56. The zero-order chi connectivity index (χ0) is 11.7. The number of benzene rings is 1. The molecule has 0 aromatic heterocycles. The van der Waals surface area contributed by atoms with Crippen molar-refractivity contribution in [3.05, 3.63) is 29.3 Å². The first-order chi connectivity index (χ1) is 8.31. The second-order valence-corrected chi connectivity index (χ2v) is 5.53. The van der Waals surface area contributed by atoms with Crippen LogP contribution < -0.4 is 10.1 Å². The molecule has 1 aliphatic carbocycles. The van der Waals surface area contributed by atoms with Crippen LogP contribution in [-0.4, -0.2) is 19.2 Å². The molecule has 17 heavy (non-hydrogen) atoms. The molecule has 1 saturated carbocycles. The number of rotatable bonds is 5. The van der Waals surface area contributed by atoms with Crippen LogP contribution in [0.4, 0.5) is 0 Å². The Kier molecular flexibility index (Phi) is 3.06. The summed E-state index contributed by atoms with van der Waals surface area (Å²) in [5, 5.41) is 3.60. The fourth-order valence-electron chi connectivity index (χ4n) is 2.50. The summed E-state index contributed by atoms with van der Waals surface area (Å²) in [5.41, 5.74) is 2.85. The largest absolute Gasteiger partial charge is 0.493 e. The molecule has 2 heteroatoms. The summed E-state index contributed by atoms with van der Waals surface area (Å²) in [6.45, 7) is 4.34. The minimum atomic E-state index is 0.718. The van der Waals surface area contributed by atoms with Gasteiger partial charge in [0.15, 0.2) is 0 Å². The van der Waals surface area contributed by atoms with Crippen LogP contribution >= 0.6 is 0 Å². The van der Waals surface area contributed by atoms with E-state index in [4.69, 9.17) is 4.74 Å². The SMILES string of the molecule is CC(CNC1CC1)Cc1ccc2c(c1)CCO2. The van der Waals surface area contributed by atoms with Crippen molar-refractivity contribution >= 4 is 0 Å². The van der Waals surface area contributed by atoms with Gasteiger partial charge in [-0.3, -0.25) is 0 Å². The zero-order valence-electron chi connectivity index (χ0n) is 10.5. The molecular weight excluding hydrogens is 210 g/mol. The Hall–Kier alpha value is -1.02. The third-order valence-corrected chi connectivity index (χ3v) is 3.67. The van der Waals surface area contributed by atoms with Gasteiger partial charge >= 0.3 is 0 Å². The van der Waals surface area contributed by atoms with Gasteiger partial charge in [0.1, 0.15) is 5.75 Å². The average molecular weight is 231 g/mol. The summed E-state index contributed by atoms with van der Waals surface area (Å²) < 4.78 is 5.53. The number of hydrogen-bond donors (Lipinski definition) is 1. The van der Waals surface area contributed by atoms with Gasteiger partial charge in [-0.05, 0) is 48.9 Å². The molecule has 1 N–H and O–H groups in total. The summed E-state index contributed by atoms with van der Waals surface area (Å²) in [6.07, 6.45) is 5.01. The molecule has 0 bridgehead atoms. The van der Waals surface area contributed by atoms with Crippen molar-refractivity contribution in [2.45, 2.75) is 38.6 Å². The maximum atomic E-state index is 5.53. The molecule has 1 aliphatic heterocycles. The predicted octanol–water partition coefficient (Wildman–Crippen LogP) is 2.55. The zero-order valence-corrected chi connectivity index (χ0v) is 10.5. The molecule has 1 fully saturated rings. The molecule has 1 unspecified atom stereocenters. The van der Waals surface area contributed by atoms with Gasteiger partial charge in [0.05, 0.1) is 6.61 Å². The maximum Gasteiger partial charge on any atom is 0.122 e. The molecule has 1 atom stereocenters. The van der Waals surface area contributed by atoms with Crippen molar-refractivity contribution in [2.75, 3.05) is 13.2 Å². The molecule has 0 saturated heterocycles. The Bertz CT molecular complexity index is 398. The van der Waals surface area contributed by atoms with Gasteiger partial charge in [-0.25, -0.2) is 0 Å². The van der Waals surface area contributed by atoms with E-state index in [1.807, 2.05) is 0 Å². The highest BCUT2D eigenvalue weighted by molar-refractivity contribution is 5.39. The van der Waals surface area contributed by atoms with Gasteiger partial charge in [-0.2, -0.15) is 0 Å². The van der Waals surface area contributed by atoms with E-state index in [0.29, 0.717) is 0 Å². The number of hydrogen-bond acceptors (Lipinski definition) is 2. The molecule has 1 heterocycles. The lowest BCUT2D eigenvalue weighted by Gasteiger charge is -2.13. The van der Waals surface area contributed by atoms with E-state index in [0.717, 1.165) is 37.3 Å². The average Bonchev–Trinajstić information content (AvgIpc) is 3.04. The summed E-state index contributed by atoms with van der Waals surface area (Å²) in [7, 11) is 0. The minimum Gasteiger partial charge on any atom is -0.493 e. The van der Waals surface area contributed by atoms with Crippen molar-refractivity contribution in [1.29, 1.82) is 0 Å². The Morgan fingerprint density at radius 1 is 1.41 bits per heavy atom. The van der Waals surface area contributed by atoms with Crippen molar-refractivity contribution in [3.63, 3.8) is 0 Å². The fourth-order valence-corrected chi connectivity index (χ4v) is 2.50. The first-order valence-electron chi connectivity index (χ1n) is 6.79. The normalized spacial score (nSPS) is 19.8. The monoisotopic (exact) mass is 231 g/mol. The van der Waals surface area contributed by atoms with Crippen molar-refractivity contribution < 1.29 is 4.74 Å². The third kappa shape index (κ3) is 2.81. The number of fused-ring (bicyclic) bond motifs is 1. The molecule has 1 aromatic rings. The van der Waals surface area contributed by atoms with Gasteiger partial charge < -0.3 is 10.1 Å². The molecule has 92 valence electrons. The van der Waals surface area contributed by atoms with E-state index in [2.05, 4.69) is 30.4 Å². The standard InChI is InChI=1S/C15H21NO/c1-11(10-16-14-3-4-14)8-12-2-5-15-13(9-12)6-7-17-15/h2,5,9,11,14,16H,3-4,6-8,10H2,1H3. The van der Waals surface area contributed by atoms with Crippen LogP contribution in [0.1, 0.15) is 30.9 Å². The fraction of sp³-hybridized carbons (Fsp3) is 0.600. The quantitative estimate of drug-likeness (QED) is 0.841. The van der Waals surface area contributed by atoms with Crippen molar-refractivity contribution in [2.24, 2.45) is 5.92 Å². The lowest BCUT2D eigenvalue weighted by atomic mass is 9.98. The smallest absolute Gasteiger partial charge is 0.122 e. The second kappa shape index (κ2) is 4.69. The van der Waals surface area contributed by atoms with E-state index in [1.165, 1.54) is 30.4 Å². The molecule has 0 amide bonds. The summed E-state index contributed by atoms with van der Waals surface area (Å²) in [6, 6.07) is 7.51. The minimum absolute atomic E-state index is 0.718. The van der Waals surface area contributed by atoms with Crippen molar-refractivity contribution in [1.82, 2.24) is 5.32 Å². The van der Waals surface area contributed by atoms with E-state index < -0.39 is 0 Å². The van der Waals surface area contributed by atoms with Crippen molar-refractivity contribution in [3.8, 4) is 5.75 Å². The number of nitrogens with one attached hydrogen (secondary N) is 1. The van der Waals surface area contributed by atoms with E-state index >= 15 is 0 Å². The lowest BCUT2D eigenvalue weighted by Crippen LogP contribution is -2.24. The molecule has 2 nitrogen and oxygen atoms in total.